The summed E-state index contributed by atoms with van der Waals surface area (Å²) in [4.78, 5) is 14.5. The maximum absolute atomic E-state index is 12.7. The first-order valence-electron chi connectivity index (χ1n) is 8.39. The number of hydrogen-bond acceptors (Lipinski definition) is 3. The molecular weight excluding hydrogens is 320 g/mol. The number of rotatable bonds is 5. The maximum atomic E-state index is 12.7. The van der Waals surface area contributed by atoms with Gasteiger partial charge in [0.15, 0.2) is 5.11 Å². The van der Waals surface area contributed by atoms with Gasteiger partial charge in [0, 0.05) is 6.04 Å². The van der Waals surface area contributed by atoms with E-state index in [0.717, 1.165) is 24.2 Å². The minimum Gasteiger partial charge on any atom is -0.490 e. The second kappa shape index (κ2) is 7.62. The first kappa shape index (κ1) is 16.7. The van der Waals surface area contributed by atoms with Gasteiger partial charge in [0.05, 0.1) is 0 Å². The van der Waals surface area contributed by atoms with Crippen LogP contribution in [0.3, 0.4) is 0 Å². The first-order chi connectivity index (χ1) is 11.7. The molecule has 0 radical (unpaired) electrons. The molecule has 1 saturated carbocycles. The van der Waals surface area contributed by atoms with Crippen molar-refractivity contribution in [2.24, 2.45) is 0 Å². The van der Waals surface area contributed by atoms with Crippen molar-refractivity contribution in [2.75, 3.05) is 6.61 Å². The Hall–Kier alpha value is -2.14. The predicted molar refractivity (Wildman–Crippen MR) is 99.6 cm³/mol. The molecule has 24 heavy (non-hydrogen) atoms. The number of hydrogen-bond donors (Lipinski definition) is 1. The van der Waals surface area contributed by atoms with Crippen molar-refractivity contribution in [3.05, 3.63) is 48.2 Å². The van der Waals surface area contributed by atoms with E-state index >= 15 is 0 Å². The van der Waals surface area contributed by atoms with Crippen molar-refractivity contribution in [3.8, 4) is 5.75 Å². The summed E-state index contributed by atoms with van der Waals surface area (Å²) in [5, 5.41) is 3.60. The molecule has 1 aliphatic carbocycles. The van der Waals surface area contributed by atoms with E-state index in [1.807, 2.05) is 30.3 Å². The summed E-state index contributed by atoms with van der Waals surface area (Å²) in [7, 11) is 0. The molecular formula is C19H22N2O2S. The zero-order valence-corrected chi connectivity index (χ0v) is 14.5. The molecule has 0 atom stereocenters. The van der Waals surface area contributed by atoms with Crippen molar-refractivity contribution < 1.29 is 9.53 Å². The Labute approximate surface area is 148 Å². The second-order valence-corrected chi connectivity index (χ2v) is 6.51. The number of carbonyl (C=O) groups is 1. The van der Waals surface area contributed by atoms with Crippen LogP contribution in [-0.2, 0) is 4.79 Å². The Bertz CT molecular complexity index is 660. The molecule has 1 saturated heterocycles. The van der Waals surface area contributed by atoms with Gasteiger partial charge in [-0.1, -0.05) is 44.1 Å². The number of nitrogens with one attached hydrogen (secondary N) is 1. The molecule has 1 aromatic rings. The molecule has 0 spiro atoms. The van der Waals surface area contributed by atoms with Crippen LogP contribution < -0.4 is 10.1 Å². The predicted octanol–water partition coefficient (Wildman–Crippen LogP) is 3.64. The fourth-order valence-electron chi connectivity index (χ4n) is 3.20. The summed E-state index contributed by atoms with van der Waals surface area (Å²) in [6.07, 6.45) is 9.21. The second-order valence-electron chi connectivity index (χ2n) is 6.12. The van der Waals surface area contributed by atoms with Crippen LogP contribution in [0.1, 0.15) is 37.7 Å². The first-order valence-corrected chi connectivity index (χ1v) is 8.80. The number of amides is 1. The Morgan fingerprint density at radius 2 is 1.96 bits per heavy atom. The maximum Gasteiger partial charge on any atom is 0.276 e. The van der Waals surface area contributed by atoms with Gasteiger partial charge in [-0.2, -0.15) is 0 Å². The normalized spacial score (nSPS) is 20.3. The Kier molecular flexibility index (Phi) is 5.30. The van der Waals surface area contributed by atoms with Gasteiger partial charge in [-0.3, -0.25) is 9.69 Å². The molecule has 0 unspecified atom stereocenters. The molecule has 126 valence electrons. The van der Waals surface area contributed by atoms with Gasteiger partial charge in [0.1, 0.15) is 18.1 Å². The van der Waals surface area contributed by atoms with E-state index in [1.165, 1.54) is 19.3 Å². The van der Waals surface area contributed by atoms with Gasteiger partial charge in [-0.05, 0) is 48.8 Å². The quantitative estimate of drug-likeness (QED) is 0.504. The lowest BCUT2D eigenvalue weighted by atomic mass is 9.94. The number of thiocarbonyl (C=S) groups is 1. The largest absolute Gasteiger partial charge is 0.490 e. The van der Waals surface area contributed by atoms with Crippen LogP contribution in [-0.4, -0.2) is 28.6 Å². The Morgan fingerprint density at radius 1 is 1.25 bits per heavy atom. The number of carbonyl (C=O) groups excluding carboxylic acids is 1. The fourth-order valence-corrected chi connectivity index (χ4v) is 3.54. The number of nitrogens with zero attached hydrogens (tertiary/aromatic N) is 1. The number of benzene rings is 1. The van der Waals surface area contributed by atoms with Gasteiger partial charge in [0.2, 0.25) is 0 Å². The molecule has 4 nitrogen and oxygen atoms in total. The molecule has 1 aromatic carbocycles. The minimum atomic E-state index is -0.0149. The van der Waals surface area contributed by atoms with Crippen molar-refractivity contribution in [1.29, 1.82) is 0 Å². The van der Waals surface area contributed by atoms with Gasteiger partial charge < -0.3 is 10.1 Å². The zero-order chi connectivity index (χ0) is 16.9. The summed E-state index contributed by atoms with van der Waals surface area (Å²) in [5.74, 6) is 0.765. The zero-order valence-electron chi connectivity index (χ0n) is 13.7. The van der Waals surface area contributed by atoms with E-state index in [2.05, 4.69) is 11.9 Å². The van der Waals surface area contributed by atoms with E-state index in [9.17, 15) is 4.79 Å². The average Bonchev–Trinajstić information content (AvgIpc) is 2.88. The van der Waals surface area contributed by atoms with Gasteiger partial charge in [-0.15, -0.1) is 0 Å². The molecule has 1 aliphatic heterocycles. The van der Waals surface area contributed by atoms with Crippen molar-refractivity contribution >= 4 is 29.3 Å². The van der Waals surface area contributed by atoms with E-state index in [-0.39, 0.29) is 11.9 Å². The lowest BCUT2D eigenvalue weighted by molar-refractivity contribution is -0.124. The van der Waals surface area contributed by atoms with Crippen LogP contribution in [0.25, 0.3) is 6.08 Å². The molecule has 0 aromatic heterocycles. The topological polar surface area (TPSA) is 41.6 Å². The Morgan fingerprint density at radius 3 is 2.62 bits per heavy atom. The van der Waals surface area contributed by atoms with Gasteiger partial charge in [-0.25, -0.2) is 0 Å². The smallest absolute Gasteiger partial charge is 0.276 e. The van der Waals surface area contributed by atoms with E-state index < -0.39 is 0 Å². The summed E-state index contributed by atoms with van der Waals surface area (Å²) < 4.78 is 5.46. The van der Waals surface area contributed by atoms with Crippen molar-refractivity contribution in [2.45, 2.75) is 38.1 Å². The molecule has 1 N–H and O–H groups in total. The highest BCUT2D eigenvalue weighted by Crippen LogP contribution is 2.27. The summed E-state index contributed by atoms with van der Waals surface area (Å²) in [5.41, 5.74) is 1.48. The monoisotopic (exact) mass is 342 g/mol. The third-order valence-corrected chi connectivity index (χ3v) is 4.71. The molecule has 2 aliphatic rings. The van der Waals surface area contributed by atoms with Crippen LogP contribution >= 0.6 is 12.2 Å². The Balaban J connectivity index is 1.72. The van der Waals surface area contributed by atoms with Gasteiger partial charge in [0.25, 0.3) is 5.91 Å². The molecule has 5 heteroatoms. The van der Waals surface area contributed by atoms with Crippen molar-refractivity contribution in [3.63, 3.8) is 0 Å². The fraction of sp³-hybridized carbons (Fsp3) is 0.368. The highest BCUT2D eigenvalue weighted by molar-refractivity contribution is 7.80. The SMILES string of the molecule is C=CCOc1ccc(C=C2NC(=S)N(C3CCCCC3)C2=O)cc1. The lowest BCUT2D eigenvalue weighted by Crippen LogP contribution is -2.41. The van der Waals surface area contributed by atoms with Crippen molar-refractivity contribution in [1.82, 2.24) is 10.2 Å². The van der Waals surface area contributed by atoms with E-state index in [4.69, 9.17) is 17.0 Å². The molecule has 1 amide bonds. The standard InChI is InChI=1S/C19H22N2O2S/c1-2-12-23-16-10-8-14(9-11-16)13-17-18(22)21(19(24)20-17)15-6-4-3-5-7-15/h2,8-11,13,15H,1,3-7,12H2,(H,20,24). The molecule has 2 fully saturated rings. The van der Waals surface area contributed by atoms with Crippen LogP contribution in [0.15, 0.2) is 42.6 Å². The average molecular weight is 342 g/mol. The minimum absolute atomic E-state index is 0.0149. The van der Waals surface area contributed by atoms with Crippen LogP contribution in [0.4, 0.5) is 0 Å². The summed E-state index contributed by atoms with van der Waals surface area (Å²) in [6, 6.07) is 7.85. The van der Waals surface area contributed by atoms with E-state index in [0.29, 0.717) is 17.4 Å². The third-order valence-electron chi connectivity index (χ3n) is 4.41. The molecule has 3 rings (SSSR count). The molecule has 0 bridgehead atoms. The van der Waals surface area contributed by atoms with Crippen LogP contribution in [0.2, 0.25) is 0 Å². The van der Waals surface area contributed by atoms with E-state index in [1.54, 1.807) is 11.0 Å². The highest BCUT2D eigenvalue weighted by atomic mass is 32.1. The lowest BCUT2D eigenvalue weighted by Gasteiger charge is -2.29. The molecule has 1 heterocycles. The highest BCUT2D eigenvalue weighted by Gasteiger charge is 2.36. The van der Waals surface area contributed by atoms with Crippen LogP contribution in [0, 0.1) is 0 Å². The third kappa shape index (κ3) is 3.67. The van der Waals surface area contributed by atoms with Crippen LogP contribution in [0.5, 0.6) is 5.75 Å². The summed E-state index contributed by atoms with van der Waals surface area (Å²) >= 11 is 5.38. The number of ether oxygens (including phenoxy) is 1. The summed E-state index contributed by atoms with van der Waals surface area (Å²) in [6.45, 7) is 4.10. The van der Waals surface area contributed by atoms with Gasteiger partial charge >= 0.3 is 0 Å².